The molecule has 4 aromatic carbocycles. The average Bonchev–Trinajstić information content (AvgIpc) is 3.41. The van der Waals surface area contributed by atoms with Gasteiger partial charge in [-0.05, 0) is 65.2 Å². The molecular weight excluding hydrogens is 537 g/mol. The number of carbonyl (C=O) groups excluding carboxylic acids is 3. The summed E-state index contributed by atoms with van der Waals surface area (Å²) >= 11 is 0. The first kappa shape index (κ1) is 27.0. The SMILES string of the molecule is O=C1COc2cccc(c2)-c2ccc(F)c(c2)C(=O)N[C@H]2CN(C(=O)c3ccccc3)C[C@@H]2Oc2ccc(cc2)CN1. The summed E-state index contributed by atoms with van der Waals surface area (Å²) in [6.45, 7) is 0.548. The molecule has 3 aliphatic rings. The van der Waals surface area contributed by atoms with E-state index in [1.165, 1.54) is 12.1 Å². The third-order valence-corrected chi connectivity index (χ3v) is 7.34. The highest BCUT2D eigenvalue weighted by atomic mass is 19.1. The van der Waals surface area contributed by atoms with E-state index in [0.717, 1.165) is 5.56 Å². The van der Waals surface area contributed by atoms with Crippen LogP contribution in [0.1, 0.15) is 26.3 Å². The second-order valence-electron chi connectivity index (χ2n) is 10.2. The molecule has 7 rings (SSSR count). The summed E-state index contributed by atoms with van der Waals surface area (Å²) in [6, 6.07) is 26.8. The molecule has 0 saturated carbocycles. The monoisotopic (exact) mass is 565 g/mol. The Hall–Kier alpha value is -5.18. The van der Waals surface area contributed by atoms with Gasteiger partial charge in [-0.15, -0.1) is 0 Å². The van der Waals surface area contributed by atoms with E-state index in [1.54, 1.807) is 65.6 Å². The van der Waals surface area contributed by atoms with Gasteiger partial charge in [-0.25, -0.2) is 4.39 Å². The van der Waals surface area contributed by atoms with E-state index in [2.05, 4.69) is 10.6 Å². The summed E-state index contributed by atoms with van der Waals surface area (Å²) in [5, 5.41) is 5.76. The Balaban J connectivity index is 1.33. The molecule has 8 nitrogen and oxygen atoms in total. The standard InChI is InChI=1S/C33H28FN3O5/c34-28-14-11-24-16-27(28)32(39)36-29-18-37(33(40)22-5-2-1-3-6-22)19-30(29)42-25-12-9-21(10-13-25)17-35-31(38)20-41-26-8-4-7-23(24)15-26/h1-16,29-30H,17-20H2,(H,35,38)(H,36,39)/t29-,30-/m0/s1. The number of amides is 3. The van der Waals surface area contributed by atoms with Gasteiger partial charge in [0.2, 0.25) is 0 Å². The maximum atomic E-state index is 15.0. The Morgan fingerprint density at radius 1 is 0.833 bits per heavy atom. The van der Waals surface area contributed by atoms with Crippen molar-refractivity contribution in [2.75, 3.05) is 19.7 Å². The van der Waals surface area contributed by atoms with Crippen molar-refractivity contribution >= 4 is 17.7 Å². The lowest BCUT2D eigenvalue weighted by atomic mass is 10.0. The number of nitrogens with zero attached hydrogens (tertiary/aromatic N) is 1. The van der Waals surface area contributed by atoms with Gasteiger partial charge in [-0.2, -0.15) is 0 Å². The van der Waals surface area contributed by atoms with E-state index in [-0.39, 0.29) is 37.1 Å². The quantitative estimate of drug-likeness (QED) is 0.361. The minimum Gasteiger partial charge on any atom is -0.486 e. The minimum atomic E-state index is -0.675. The van der Waals surface area contributed by atoms with Crippen LogP contribution in [0.25, 0.3) is 11.1 Å². The van der Waals surface area contributed by atoms with Crippen molar-refractivity contribution in [3.63, 3.8) is 0 Å². The summed E-state index contributed by atoms with van der Waals surface area (Å²) in [5.74, 6) is -0.763. The summed E-state index contributed by atoms with van der Waals surface area (Å²) in [4.78, 5) is 40.8. The van der Waals surface area contributed by atoms with Crippen LogP contribution in [0, 0.1) is 5.82 Å². The molecule has 212 valence electrons. The van der Waals surface area contributed by atoms with Crippen LogP contribution in [-0.4, -0.2) is 54.5 Å². The molecule has 0 spiro atoms. The van der Waals surface area contributed by atoms with Crippen LogP contribution < -0.4 is 20.1 Å². The number of rotatable bonds is 1. The molecule has 0 radical (unpaired) electrons. The zero-order chi connectivity index (χ0) is 29.1. The van der Waals surface area contributed by atoms with Crippen LogP contribution in [-0.2, 0) is 11.3 Å². The van der Waals surface area contributed by atoms with Crippen molar-refractivity contribution in [3.05, 3.63) is 120 Å². The zero-order valence-electron chi connectivity index (χ0n) is 22.6. The highest BCUT2D eigenvalue weighted by Crippen LogP contribution is 2.27. The van der Waals surface area contributed by atoms with Crippen molar-refractivity contribution in [3.8, 4) is 22.6 Å². The fraction of sp³-hybridized carbons (Fsp3) is 0.182. The van der Waals surface area contributed by atoms with Crippen LogP contribution in [0.2, 0.25) is 0 Å². The summed E-state index contributed by atoms with van der Waals surface area (Å²) < 4.78 is 26.9. The van der Waals surface area contributed by atoms with E-state index in [0.29, 0.717) is 34.7 Å². The third kappa shape index (κ3) is 5.95. The van der Waals surface area contributed by atoms with Gasteiger partial charge in [0.05, 0.1) is 18.2 Å². The Morgan fingerprint density at radius 2 is 1.62 bits per heavy atom. The first-order valence-corrected chi connectivity index (χ1v) is 13.6. The van der Waals surface area contributed by atoms with Crippen LogP contribution in [0.5, 0.6) is 11.5 Å². The Labute approximate surface area is 242 Å². The molecule has 0 aliphatic carbocycles. The lowest BCUT2D eigenvalue weighted by molar-refractivity contribution is -0.123. The minimum absolute atomic E-state index is 0.136. The van der Waals surface area contributed by atoms with E-state index in [1.807, 2.05) is 24.3 Å². The zero-order valence-corrected chi connectivity index (χ0v) is 22.6. The molecule has 0 unspecified atom stereocenters. The van der Waals surface area contributed by atoms with Gasteiger partial charge in [0.25, 0.3) is 17.7 Å². The molecule has 3 amide bonds. The van der Waals surface area contributed by atoms with E-state index < -0.39 is 23.9 Å². The average molecular weight is 566 g/mol. The Bertz CT molecular complexity index is 1630. The third-order valence-electron chi connectivity index (χ3n) is 7.34. The Kier molecular flexibility index (Phi) is 7.55. The van der Waals surface area contributed by atoms with Crippen molar-refractivity contribution in [2.45, 2.75) is 18.7 Å². The number of ether oxygens (including phenoxy) is 2. The van der Waals surface area contributed by atoms with E-state index in [4.69, 9.17) is 9.47 Å². The van der Waals surface area contributed by atoms with Gasteiger partial charge in [0.15, 0.2) is 6.61 Å². The predicted molar refractivity (Wildman–Crippen MR) is 154 cm³/mol. The molecule has 1 fully saturated rings. The van der Waals surface area contributed by atoms with Crippen LogP contribution >= 0.6 is 0 Å². The summed E-state index contributed by atoms with van der Waals surface area (Å²) in [5.41, 5.74) is 2.54. The van der Waals surface area contributed by atoms with Crippen molar-refractivity contribution in [1.29, 1.82) is 0 Å². The lowest BCUT2D eigenvalue weighted by Gasteiger charge is -2.21. The molecule has 1 saturated heterocycles. The number of hydrogen-bond donors (Lipinski definition) is 2. The van der Waals surface area contributed by atoms with E-state index >= 15 is 0 Å². The lowest BCUT2D eigenvalue weighted by Crippen LogP contribution is -2.45. The van der Waals surface area contributed by atoms with Gasteiger partial charge in [-0.3, -0.25) is 14.4 Å². The van der Waals surface area contributed by atoms with Crippen LogP contribution in [0.4, 0.5) is 4.39 Å². The van der Waals surface area contributed by atoms with Gasteiger partial charge in [0.1, 0.15) is 23.4 Å². The van der Waals surface area contributed by atoms with Crippen LogP contribution in [0.3, 0.4) is 0 Å². The largest absolute Gasteiger partial charge is 0.486 e. The van der Waals surface area contributed by atoms with Gasteiger partial charge >= 0.3 is 0 Å². The predicted octanol–water partition coefficient (Wildman–Crippen LogP) is 4.20. The molecule has 42 heavy (non-hydrogen) atoms. The molecule has 2 atom stereocenters. The number of carbonyl (C=O) groups is 3. The fourth-order valence-corrected chi connectivity index (χ4v) is 5.11. The normalized spacial score (nSPS) is 18.6. The molecular formula is C33H28FN3O5. The maximum Gasteiger partial charge on any atom is 0.258 e. The second-order valence-corrected chi connectivity index (χ2v) is 10.2. The van der Waals surface area contributed by atoms with E-state index in [9.17, 15) is 18.8 Å². The summed E-state index contributed by atoms with van der Waals surface area (Å²) in [6.07, 6.45) is -0.585. The molecule has 6 bridgehead atoms. The maximum absolute atomic E-state index is 15.0. The number of nitrogens with one attached hydrogen (secondary N) is 2. The highest BCUT2D eigenvalue weighted by molar-refractivity contribution is 5.97. The molecule has 3 aliphatic heterocycles. The molecule has 3 heterocycles. The molecule has 0 aromatic heterocycles. The highest BCUT2D eigenvalue weighted by Gasteiger charge is 2.38. The van der Waals surface area contributed by atoms with Gasteiger partial charge < -0.3 is 25.0 Å². The first-order valence-electron chi connectivity index (χ1n) is 13.6. The number of likely N-dealkylation sites (tertiary alicyclic amines) is 1. The van der Waals surface area contributed by atoms with Crippen LogP contribution in [0.15, 0.2) is 97.1 Å². The summed E-state index contributed by atoms with van der Waals surface area (Å²) in [7, 11) is 0. The van der Waals surface area contributed by atoms with Crippen molar-refractivity contribution in [1.82, 2.24) is 15.5 Å². The van der Waals surface area contributed by atoms with Gasteiger partial charge in [0, 0.05) is 18.7 Å². The topological polar surface area (TPSA) is 97.0 Å². The number of hydrogen-bond acceptors (Lipinski definition) is 5. The van der Waals surface area contributed by atoms with Gasteiger partial charge in [-0.1, -0.05) is 48.5 Å². The number of fused-ring (bicyclic) bond motifs is 7. The molecule has 2 N–H and O–H groups in total. The Morgan fingerprint density at radius 3 is 2.43 bits per heavy atom. The number of benzene rings is 4. The van der Waals surface area contributed by atoms with Crippen molar-refractivity contribution in [2.24, 2.45) is 0 Å². The second kappa shape index (κ2) is 11.7. The molecule has 4 aromatic rings. The smallest absolute Gasteiger partial charge is 0.258 e. The molecule has 9 heteroatoms. The number of halogens is 1. The first-order chi connectivity index (χ1) is 20.4. The van der Waals surface area contributed by atoms with Crippen molar-refractivity contribution < 1.29 is 28.2 Å². The fourth-order valence-electron chi connectivity index (χ4n) is 5.11.